The molecule has 132 valence electrons. The summed E-state index contributed by atoms with van der Waals surface area (Å²) in [6.45, 7) is 3.75. The molecule has 2 fully saturated rings. The number of rotatable bonds is 6. The van der Waals surface area contributed by atoms with Crippen molar-refractivity contribution >= 4 is 5.91 Å². The van der Waals surface area contributed by atoms with Crippen LogP contribution in [0.15, 0.2) is 18.2 Å². The lowest BCUT2D eigenvalue weighted by Crippen LogP contribution is -2.27. The summed E-state index contributed by atoms with van der Waals surface area (Å²) in [4.78, 5) is 14.1. The van der Waals surface area contributed by atoms with Crippen LogP contribution in [-0.4, -0.2) is 37.1 Å². The average molecular weight is 331 g/mol. The van der Waals surface area contributed by atoms with E-state index in [1.165, 1.54) is 18.4 Å². The highest BCUT2D eigenvalue weighted by Gasteiger charge is 2.28. The number of likely N-dealkylation sites (tertiary alicyclic amines) is 1. The third kappa shape index (κ3) is 3.85. The van der Waals surface area contributed by atoms with E-state index in [0.717, 1.165) is 50.3 Å². The third-order valence-corrected chi connectivity index (χ3v) is 5.26. The van der Waals surface area contributed by atoms with Gasteiger partial charge in [0.25, 0.3) is 0 Å². The van der Waals surface area contributed by atoms with Crippen LogP contribution in [0.4, 0.5) is 0 Å². The summed E-state index contributed by atoms with van der Waals surface area (Å²) < 4.78 is 11.7. The minimum atomic E-state index is 0.288. The molecule has 0 N–H and O–H groups in total. The van der Waals surface area contributed by atoms with Crippen molar-refractivity contribution in [2.75, 3.05) is 20.2 Å². The number of nitrogens with zero attached hydrogens (tertiary/aromatic N) is 1. The number of ether oxygens (including phenoxy) is 2. The predicted molar refractivity (Wildman–Crippen MR) is 94.7 cm³/mol. The Labute approximate surface area is 145 Å². The van der Waals surface area contributed by atoms with E-state index in [4.69, 9.17) is 9.47 Å². The third-order valence-electron chi connectivity index (χ3n) is 5.26. The predicted octanol–water partition coefficient (Wildman–Crippen LogP) is 4.13. The topological polar surface area (TPSA) is 38.8 Å². The van der Waals surface area contributed by atoms with E-state index in [9.17, 15) is 4.79 Å². The summed E-state index contributed by atoms with van der Waals surface area (Å²) in [5.41, 5.74) is 1.26. The van der Waals surface area contributed by atoms with Crippen LogP contribution in [0.3, 0.4) is 0 Å². The lowest BCUT2D eigenvalue weighted by atomic mass is 9.98. The molecule has 1 aliphatic carbocycles. The van der Waals surface area contributed by atoms with E-state index >= 15 is 0 Å². The van der Waals surface area contributed by atoms with Gasteiger partial charge in [0.1, 0.15) is 0 Å². The first-order valence-electron chi connectivity index (χ1n) is 9.33. The summed E-state index contributed by atoms with van der Waals surface area (Å²) in [6, 6.07) is 6.27. The number of carbonyl (C=O) groups excluding carboxylic acids is 1. The fourth-order valence-electron chi connectivity index (χ4n) is 3.86. The molecular formula is C20H29NO3. The van der Waals surface area contributed by atoms with Gasteiger partial charge in [-0.2, -0.15) is 0 Å². The Hall–Kier alpha value is -1.71. The highest BCUT2D eigenvalue weighted by molar-refractivity contribution is 5.76. The molecule has 4 heteroatoms. The largest absolute Gasteiger partial charge is 0.493 e. The molecular weight excluding hydrogens is 302 g/mol. The van der Waals surface area contributed by atoms with E-state index in [-0.39, 0.29) is 5.91 Å². The molecule has 24 heavy (non-hydrogen) atoms. The maximum atomic E-state index is 12.1. The SMILES string of the molecule is CCCC(=O)N1CCC(c2ccc(OC)c(OC3CCCC3)c2)C1. The first kappa shape index (κ1) is 17.1. The molecule has 1 aliphatic heterocycles. The van der Waals surface area contributed by atoms with Gasteiger partial charge >= 0.3 is 0 Å². The Kier molecular flexibility index (Phi) is 5.64. The molecule has 1 aromatic rings. The molecule has 0 spiro atoms. The fraction of sp³-hybridized carbons (Fsp3) is 0.650. The molecule has 0 radical (unpaired) electrons. The van der Waals surface area contributed by atoms with Crippen molar-refractivity contribution in [3.05, 3.63) is 23.8 Å². The van der Waals surface area contributed by atoms with E-state index in [2.05, 4.69) is 19.1 Å². The Morgan fingerprint density at radius 1 is 1.21 bits per heavy atom. The number of methoxy groups -OCH3 is 1. The standard InChI is InChI=1S/C20H29NO3/c1-3-6-20(22)21-12-11-16(14-21)15-9-10-18(23-2)19(13-15)24-17-7-4-5-8-17/h9-10,13,16-17H,3-8,11-12,14H2,1-2H3. The molecule has 1 amide bonds. The van der Waals surface area contributed by atoms with Gasteiger partial charge < -0.3 is 14.4 Å². The minimum absolute atomic E-state index is 0.288. The summed E-state index contributed by atoms with van der Waals surface area (Å²) in [5.74, 6) is 2.36. The smallest absolute Gasteiger partial charge is 0.222 e. The molecule has 2 aliphatic rings. The van der Waals surface area contributed by atoms with Crippen molar-refractivity contribution in [3.63, 3.8) is 0 Å². The summed E-state index contributed by atoms with van der Waals surface area (Å²) in [6.07, 6.45) is 7.71. The van der Waals surface area contributed by atoms with Crippen molar-refractivity contribution in [1.29, 1.82) is 0 Å². The van der Waals surface area contributed by atoms with Crippen LogP contribution in [0.2, 0.25) is 0 Å². The zero-order valence-electron chi connectivity index (χ0n) is 14.9. The Balaban J connectivity index is 1.70. The minimum Gasteiger partial charge on any atom is -0.493 e. The molecule has 1 unspecified atom stereocenters. The van der Waals surface area contributed by atoms with Crippen molar-refractivity contribution in [3.8, 4) is 11.5 Å². The van der Waals surface area contributed by atoms with Gasteiger partial charge in [0.15, 0.2) is 11.5 Å². The molecule has 0 bridgehead atoms. The molecule has 1 atom stereocenters. The molecule has 1 saturated heterocycles. The van der Waals surface area contributed by atoms with Crippen LogP contribution in [0.5, 0.6) is 11.5 Å². The van der Waals surface area contributed by atoms with E-state index < -0.39 is 0 Å². The average Bonchev–Trinajstić information content (AvgIpc) is 3.27. The number of hydrogen-bond donors (Lipinski definition) is 0. The van der Waals surface area contributed by atoms with Gasteiger partial charge in [-0.1, -0.05) is 13.0 Å². The summed E-state index contributed by atoms with van der Waals surface area (Å²) in [5, 5.41) is 0. The van der Waals surface area contributed by atoms with Crippen LogP contribution in [-0.2, 0) is 4.79 Å². The van der Waals surface area contributed by atoms with Gasteiger partial charge in [-0.3, -0.25) is 4.79 Å². The second-order valence-corrected chi connectivity index (χ2v) is 7.01. The van der Waals surface area contributed by atoms with Crippen LogP contribution in [0, 0.1) is 0 Å². The van der Waals surface area contributed by atoms with Crippen LogP contribution in [0.25, 0.3) is 0 Å². The molecule has 3 rings (SSSR count). The molecule has 4 nitrogen and oxygen atoms in total. The number of benzene rings is 1. The van der Waals surface area contributed by atoms with Crippen molar-refractivity contribution in [2.45, 2.75) is 63.9 Å². The second-order valence-electron chi connectivity index (χ2n) is 7.01. The van der Waals surface area contributed by atoms with Gasteiger partial charge in [0.05, 0.1) is 13.2 Å². The molecule has 1 heterocycles. The van der Waals surface area contributed by atoms with Crippen molar-refractivity contribution < 1.29 is 14.3 Å². The molecule has 0 aromatic heterocycles. The van der Waals surface area contributed by atoms with E-state index in [1.54, 1.807) is 7.11 Å². The van der Waals surface area contributed by atoms with Gasteiger partial charge in [0, 0.05) is 25.4 Å². The highest BCUT2D eigenvalue weighted by atomic mass is 16.5. The first-order valence-corrected chi connectivity index (χ1v) is 9.33. The Bertz CT molecular complexity index is 566. The van der Waals surface area contributed by atoms with Gasteiger partial charge in [-0.25, -0.2) is 0 Å². The normalized spacial score (nSPS) is 21.2. The fourth-order valence-corrected chi connectivity index (χ4v) is 3.86. The number of amides is 1. The summed E-state index contributed by atoms with van der Waals surface area (Å²) >= 11 is 0. The summed E-state index contributed by atoms with van der Waals surface area (Å²) in [7, 11) is 1.69. The number of carbonyl (C=O) groups is 1. The lowest BCUT2D eigenvalue weighted by Gasteiger charge is -2.19. The monoisotopic (exact) mass is 331 g/mol. The molecule has 1 saturated carbocycles. The van der Waals surface area contributed by atoms with E-state index in [0.29, 0.717) is 18.4 Å². The van der Waals surface area contributed by atoms with E-state index in [1.807, 2.05) is 11.0 Å². The van der Waals surface area contributed by atoms with Crippen LogP contribution < -0.4 is 9.47 Å². The Morgan fingerprint density at radius 3 is 2.71 bits per heavy atom. The maximum Gasteiger partial charge on any atom is 0.222 e. The molecule has 1 aromatic carbocycles. The van der Waals surface area contributed by atoms with Gasteiger partial charge in [-0.05, 0) is 56.2 Å². The Morgan fingerprint density at radius 2 is 2.00 bits per heavy atom. The maximum absolute atomic E-state index is 12.1. The second kappa shape index (κ2) is 7.91. The van der Waals surface area contributed by atoms with Crippen molar-refractivity contribution in [2.24, 2.45) is 0 Å². The zero-order chi connectivity index (χ0) is 16.9. The lowest BCUT2D eigenvalue weighted by molar-refractivity contribution is -0.130. The van der Waals surface area contributed by atoms with Crippen molar-refractivity contribution in [1.82, 2.24) is 4.90 Å². The van der Waals surface area contributed by atoms with Gasteiger partial charge in [0.2, 0.25) is 5.91 Å². The number of hydrogen-bond acceptors (Lipinski definition) is 3. The highest BCUT2D eigenvalue weighted by Crippen LogP contribution is 2.36. The quantitative estimate of drug-likeness (QED) is 0.786. The van der Waals surface area contributed by atoms with Crippen LogP contribution in [0.1, 0.15) is 63.4 Å². The first-order chi connectivity index (χ1) is 11.7. The zero-order valence-corrected chi connectivity index (χ0v) is 14.9. The van der Waals surface area contributed by atoms with Crippen LogP contribution >= 0.6 is 0 Å². The van der Waals surface area contributed by atoms with Gasteiger partial charge in [-0.15, -0.1) is 0 Å².